The summed E-state index contributed by atoms with van der Waals surface area (Å²) in [5.41, 5.74) is 4.12. The molecule has 1 saturated heterocycles. The van der Waals surface area contributed by atoms with Crippen LogP contribution in [0.5, 0.6) is 0 Å². The number of likely N-dealkylation sites (N-methyl/N-ethyl adjacent to an activating group) is 1. The summed E-state index contributed by atoms with van der Waals surface area (Å²) in [6.45, 7) is 9.09. The molecule has 33 heavy (non-hydrogen) atoms. The van der Waals surface area contributed by atoms with E-state index in [9.17, 15) is 9.59 Å². The number of nitrogens with zero attached hydrogens (tertiary/aromatic N) is 4. The van der Waals surface area contributed by atoms with E-state index in [0.29, 0.717) is 31.7 Å². The molecule has 4 rings (SSSR count). The first-order valence-corrected chi connectivity index (χ1v) is 11.3. The zero-order valence-electron chi connectivity index (χ0n) is 20.1. The highest BCUT2D eigenvalue weighted by Gasteiger charge is 2.27. The minimum Gasteiger partial charge on any atom is -0.465 e. The van der Waals surface area contributed by atoms with Crippen LogP contribution in [0.1, 0.15) is 36.7 Å². The minimum atomic E-state index is -0.494. The van der Waals surface area contributed by atoms with Gasteiger partial charge in [-0.1, -0.05) is 0 Å². The molecule has 0 saturated carbocycles. The molecular formula is C25H32N4O4. The summed E-state index contributed by atoms with van der Waals surface area (Å²) in [5.74, 6) is 0.560. The average molecular weight is 453 g/mol. The smallest absolute Gasteiger partial charge is 0.410 e. The summed E-state index contributed by atoms with van der Waals surface area (Å²) in [4.78, 5) is 35.4. The van der Waals surface area contributed by atoms with Crippen LogP contribution >= 0.6 is 0 Å². The van der Waals surface area contributed by atoms with Crippen molar-refractivity contribution in [3.63, 3.8) is 0 Å². The van der Waals surface area contributed by atoms with Gasteiger partial charge in [-0.25, -0.2) is 14.6 Å². The Labute approximate surface area is 195 Å². The van der Waals surface area contributed by atoms with E-state index in [1.165, 1.54) is 7.11 Å². The van der Waals surface area contributed by atoms with Gasteiger partial charge >= 0.3 is 12.1 Å². The summed E-state index contributed by atoms with van der Waals surface area (Å²) in [6.07, 6.45) is 2.41. The number of carbonyl (C=O) groups is 2. The zero-order chi connectivity index (χ0) is 23.8. The number of pyridine rings is 1. The number of hydrogen-bond acceptors (Lipinski definition) is 7. The van der Waals surface area contributed by atoms with Gasteiger partial charge in [0.05, 0.1) is 12.7 Å². The normalized spacial score (nSPS) is 16.0. The summed E-state index contributed by atoms with van der Waals surface area (Å²) in [5, 5.41) is 0. The number of aromatic nitrogens is 1. The van der Waals surface area contributed by atoms with Gasteiger partial charge in [-0.3, -0.25) is 0 Å². The number of carbonyl (C=O) groups excluding carboxylic acids is 2. The van der Waals surface area contributed by atoms with Crippen LogP contribution in [0.4, 0.5) is 16.3 Å². The number of fused-ring (bicyclic) bond motifs is 1. The van der Waals surface area contributed by atoms with Crippen LogP contribution in [-0.4, -0.2) is 74.4 Å². The Hall–Kier alpha value is -3.29. The van der Waals surface area contributed by atoms with Crippen LogP contribution in [0.2, 0.25) is 0 Å². The van der Waals surface area contributed by atoms with E-state index < -0.39 is 5.60 Å². The van der Waals surface area contributed by atoms with Gasteiger partial charge in [0, 0.05) is 57.2 Å². The second kappa shape index (κ2) is 8.92. The number of piperazine rings is 1. The monoisotopic (exact) mass is 452 g/mol. The van der Waals surface area contributed by atoms with E-state index in [0.717, 1.165) is 41.2 Å². The maximum Gasteiger partial charge on any atom is 0.410 e. The number of esters is 1. The third kappa shape index (κ3) is 4.89. The first-order chi connectivity index (χ1) is 15.7. The third-order valence-electron chi connectivity index (χ3n) is 6.08. The molecule has 8 nitrogen and oxygen atoms in total. The average Bonchev–Trinajstić information content (AvgIpc) is 3.18. The Kier molecular flexibility index (Phi) is 6.19. The molecule has 1 aromatic carbocycles. The van der Waals surface area contributed by atoms with Gasteiger partial charge in [-0.15, -0.1) is 0 Å². The van der Waals surface area contributed by atoms with Gasteiger partial charge in [0.15, 0.2) is 0 Å². The van der Waals surface area contributed by atoms with E-state index in [-0.39, 0.29) is 12.1 Å². The Bertz CT molecular complexity index is 1040. The molecule has 8 heteroatoms. The second-order valence-electron chi connectivity index (χ2n) is 9.54. The topological polar surface area (TPSA) is 75.2 Å². The Balaban J connectivity index is 1.48. The molecule has 1 aromatic heterocycles. The molecule has 0 radical (unpaired) electrons. The van der Waals surface area contributed by atoms with Gasteiger partial charge in [0.2, 0.25) is 0 Å². The number of benzene rings is 1. The van der Waals surface area contributed by atoms with Gasteiger partial charge in [0.25, 0.3) is 0 Å². The number of rotatable bonds is 3. The van der Waals surface area contributed by atoms with Crippen molar-refractivity contribution in [3.05, 3.63) is 41.6 Å². The number of hydrogen-bond donors (Lipinski definition) is 0. The van der Waals surface area contributed by atoms with E-state index in [2.05, 4.69) is 20.9 Å². The number of ether oxygens (including phenoxy) is 2. The second-order valence-corrected chi connectivity index (χ2v) is 9.54. The fraction of sp³-hybridized carbons (Fsp3) is 0.480. The molecule has 0 aliphatic carbocycles. The quantitative estimate of drug-likeness (QED) is 0.659. The molecule has 0 bridgehead atoms. The van der Waals surface area contributed by atoms with E-state index in [1.807, 2.05) is 52.2 Å². The van der Waals surface area contributed by atoms with Crippen molar-refractivity contribution in [2.45, 2.75) is 32.8 Å². The predicted molar refractivity (Wildman–Crippen MR) is 128 cm³/mol. The van der Waals surface area contributed by atoms with Crippen LogP contribution in [0.3, 0.4) is 0 Å². The molecule has 2 aromatic rings. The van der Waals surface area contributed by atoms with Crippen LogP contribution in [0, 0.1) is 0 Å². The zero-order valence-corrected chi connectivity index (χ0v) is 20.1. The van der Waals surface area contributed by atoms with Gasteiger partial charge in [0.1, 0.15) is 11.4 Å². The summed E-state index contributed by atoms with van der Waals surface area (Å²) in [6, 6.07) is 8.04. The molecular weight excluding hydrogens is 420 g/mol. The molecule has 0 N–H and O–H groups in total. The van der Waals surface area contributed by atoms with Gasteiger partial charge in [-0.2, -0.15) is 0 Å². The summed E-state index contributed by atoms with van der Waals surface area (Å²) >= 11 is 0. The highest BCUT2D eigenvalue weighted by Crippen LogP contribution is 2.35. The molecule has 1 amide bonds. The fourth-order valence-corrected chi connectivity index (χ4v) is 4.31. The van der Waals surface area contributed by atoms with Crippen molar-refractivity contribution in [1.82, 2.24) is 9.88 Å². The Morgan fingerprint density at radius 2 is 1.73 bits per heavy atom. The van der Waals surface area contributed by atoms with E-state index >= 15 is 0 Å². The number of methoxy groups -OCH3 is 1. The first kappa shape index (κ1) is 22.9. The van der Waals surface area contributed by atoms with Crippen molar-refractivity contribution < 1.29 is 19.1 Å². The van der Waals surface area contributed by atoms with Crippen molar-refractivity contribution in [3.8, 4) is 11.1 Å². The molecule has 0 spiro atoms. The van der Waals surface area contributed by atoms with Gasteiger partial charge in [-0.05, 0) is 62.6 Å². The highest BCUT2D eigenvalue weighted by atomic mass is 16.6. The molecule has 0 unspecified atom stereocenters. The fourth-order valence-electron chi connectivity index (χ4n) is 4.31. The van der Waals surface area contributed by atoms with Crippen molar-refractivity contribution in [2.75, 3.05) is 56.7 Å². The molecule has 2 aliphatic rings. The lowest BCUT2D eigenvalue weighted by Gasteiger charge is -2.36. The van der Waals surface area contributed by atoms with E-state index in [1.54, 1.807) is 4.90 Å². The molecule has 0 atom stereocenters. The first-order valence-electron chi connectivity index (χ1n) is 11.3. The largest absolute Gasteiger partial charge is 0.465 e. The van der Waals surface area contributed by atoms with Crippen molar-refractivity contribution in [1.29, 1.82) is 0 Å². The molecule has 3 heterocycles. The van der Waals surface area contributed by atoms with Crippen LogP contribution < -0.4 is 9.80 Å². The Morgan fingerprint density at radius 3 is 2.33 bits per heavy atom. The highest BCUT2D eigenvalue weighted by molar-refractivity contribution is 5.95. The summed E-state index contributed by atoms with van der Waals surface area (Å²) in [7, 11) is 3.45. The maximum atomic E-state index is 12.4. The maximum absolute atomic E-state index is 12.4. The van der Waals surface area contributed by atoms with Gasteiger partial charge < -0.3 is 24.2 Å². The molecule has 1 fully saturated rings. The SMILES string of the molecule is COC(=O)c1cc(-c2ccc(N3CCN(C(=O)OC(C)(C)C)CC3)nc2)cc2c1CCN2C. The standard InChI is InChI=1S/C25H32N4O4/c1-25(2,3)33-24(31)29-12-10-28(11-13-29)22-7-6-17(16-26-22)18-14-20(23(30)32-5)19-8-9-27(4)21(19)15-18/h6-7,14-16H,8-13H2,1-5H3. The summed E-state index contributed by atoms with van der Waals surface area (Å²) < 4.78 is 10.5. The van der Waals surface area contributed by atoms with E-state index in [4.69, 9.17) is 9.47 Å². The lowest BCUT2D eigenvalue weighted by Crippen LogP contribution is -2.50. The van der Waals surface area contributed by atoms with Crippen LogP contribution in [0.25, 0.3) is 11.1 Å². The number of amides is 1. The van der Waals surface area contributed by atoms with Crippen LogP contribution in [-0.2, 0) is 15.9 Å². The van der Waals surface area contributed by atoms with Crippen molar-refractivity contribution >= 4 is 23.6 Å². The third-order valence-corrected chi connectivity index (χ3v) is 6.08. The molecule has 2 aliphatic heterocycles. The lowest BCUT2D eigenvalue weighted by atomic mass is 9.98. The minimum absolute atomic E-state index is 0.270. The predicted octanol–water partition coefficient (Wildman–Crippen LogP) is 3.58. The molecule has 176 valence electrons. The van der Waals surface area contributed by atoms with Crippen LogP contribution in [0.15, 0.2) is 30.5 Å². The number of anilines is 2. The Morgan fingerprint density at radius 1 is 1.00 bits per heavy atom. The van der Waals surface area contributed by atoms with Crippen molar-refractivity contribution in [2.24, 2.45) is 0 Å². The lowest BCUT2D eigenvalue weighted by molar-refractivity contribution is 0.0240.